The Morgan fingerprint density at radius 3 is 2.60 bits per heavy atom. The van der Waals surface area contributed by atoms with Crippen molar-refractivity contribution in [1.82, 2.24) is 9.80 Å². The lowest BCUT2D eigenvalue weighted by Crippen LogP contribution is -2.42. The van der Waals surface area contributed by atoms with Gasteiger partial charge in [-0.2, -0.15) is 0 Å². The number of rotatable bonds is 3. The Bertz CT molecular complexity index is 450. The van der Waals surface area contributed by atoms with E-state index >= 15 is 0 Å². The van der Waals surface area contributed by atoms with Gasteiger partial charge in [0.15, 0.2) is 6.10 Å². The molecule has 1 fully saturated rings. The molecule has 1 amide bonds. The Morgan fingerprint density at radius 1 is 1.20 bits per heavy atom. The Kier molecular flexibility index (Phi) is 4.95. The molecule has 20 heavy (non-hydrogen) atoms. The minimum Gasteiger partial charge on any atom is -0.481 e. The number of likely N-dealkylation sites (N-methyl/N-ethyl adjacent to an activating group) is 1. The minimum absolute atomic E-state index is 0.00961. The van der Waals surface area contributed by atoms with Crippen molar-refractivity contribution < 1.29 is 13.9 Å². The van der Waals surface area contributed by atoms with Crippen molar-refractivity contribution >= 4 is 5.91 Å². The predicted octanol–water partition coefficient (Wildman–Crippen LogP) is 1.76. The molecule has 1 aromatic rings. The van der Waals surface area contributed by atoms with Crippen molar-refractivity contribution in [1.29, 1.82) is 0 Å². The van der Waals surface area contributed by atoms with Gasteiger partial charge >= 0.3 is 0 Å². The van der Waals surface area contributed by atoms with Crippen LogP contribution in [0.2, 0.25) is 0 Å². The lowest BCUT2D eigenvalue weighted by molar-refractivity contribution is -0.137. The molecule has 0 radical (unpaired) electrons. The summed E-state index contributed by atoms with van der Waals surface area (Å²) in [5.41, 5.74) is 0. The van der Waals surface area contributed by atoms with Gasteiger partial charge in [0.05, 0.1) is 0 Å². The fourth-order valence-corrected chi connectivity index (χ4v) is 2.29. The third-order valence-electron chi connectivity index (χ3n) is 3.51. The molecule has 1 aliphatic heterocycles. The summed E-state index contributed by atoms with van der Waals surface area (Å²) in [5, 5.41) is 0. The molecule has 0 bridgehead atoms. The van der Waals surface area contributed by atoms with E-state index in [1.165, 1.54) is 24.3 Å². The van der Waals surface area contributed by atoms with E-state index in [2.05, 4.69) is 11.9 Å². The summed E-state index contributed by atoms with van der Waals surface area (Å²) in [6, 6.07) is 5.73. The molecule has 0 saturated carbocycles. The van der Waals surface area contributed by atoms with Gasteiger partial charge in [0, 0.05) is 19.6 Å². The molecule has 0 unspecified atom stereocenters. The molecule has 0 spiro atoms. The minimum atomic E-state index is -0.552. The topological polar surface area (TPSA) is 32.8 Å². The van der Waals surface area contributed by atoms with Crippen LogP contribution in [0.25, 0.3) is 0 Å². The lowest BCUT2D eigenvalue weighted by Gasteiger charge is -2.24. The van der Waals surface area contributed by atoms with Gasteiger partial charge in [-0.1, -0.05) is 0 Å². The van der Waals surface area contributed by atoms with Crippen LogP contribution in [0.3, 0.4) is 0 Å². The monoisotopic (exact) mass is 280 g/mol. The van der Waals surface area contributed by atoms with Crippen molar-refractivity contribution in [2.24, 2.45) is 0 Å². The molecular weight excluding hydrogens is 259 g/mol. The summed E-state index contributed by atoms with van der Waals surface area (Å²) in [4.78, 5) is 16.4. The fourth-order valence-electron chi connectivity index (χ4n) is 2.29. The molecule has 110 valence electrons. The van der Waals surface area contributed by atoms with Crippen molar-refractivity contribution in [3.63, 3.8) is 0 Å². The van der Waals surface area contributed by atoms with Crippen molar-refractivity contribution in [3.05, 3.63) is 30.1 Å². The molecule has 5 heteroatoms. The number of carbonyl (C=O) groups excluding carboxylic acids is 1. The third kappa shape index (κ3) is 3.93. The summed E-state index contributed by atoms with van der Waals surface area (Å²) < 4.78 is 18.4. The average Bonchev–Trinajstić information content (AvgIpc) is 2.65. The molecule has 2 rings (SSSR count). The van der Waals surface area contributed by atoms with Gasteiger partial charge in [0.2, 0.25) is 0 Å². The molecule has 1 atom stereocenters. The molecule has 1 aliphatic rings. The SMILES string of the molecule is C[C@H](Oc1ccc(F)cc1)C(=O)N1CCCN(C)CC1. The summed E-state index contributed by atoms with van der Waals surface area (Å²) in [7, 11) is 2.06. The van der Waals surface area contributed by atoms with Crippen molar-refractivity contribution in [3.8, 4) is 5.75 Å². The van der Waals surface area contributed by atoms with Crippen LogP contribution in [0.5, 0.6) is 5.75 Å². The first-order valence-electron chi connectivity index (χ1n) is 6.96. The molecule has 0 aromatic heterocycles. The smallest absolute Gasteiger partial charge is 0.263 e. The number of amides is 1. The maximum Gasteiger partial charge on any atom is 0.263 e. The summed E-state index contributed by atoms with van der Waals surface area (Å²) in [5.74, 6) is 0.190. The number of halogens is 1. The van der Waals surface area contributed by atoms with E-state index in [1.54, 1.807) is 6.92 Å². The summed E-state index contributed by atoms with van der Waals surface area (Å²) >= 11 is 0. The van der Waals surface area contributed by atoms with Gasteiger partial charge in [-0.05, 0) is 51.2 Å². The van der Waals surface area contributed by atoms with Gasteiger partial charge in [-0.25, -0.2) is 4.39 Å². The van der Waals surface area contributed by atoms with Crippen LogP contribution in [0.4, 0.5) is 4.39 Å². The zero-order valence-electron chi connectivity index (χ0n) is 12.0. The summed E-state index contributed by atoms with van der Waals surface area (Å²) in [6.45, 7) is 5.12. The quantitative estimate of drug-likeness (QED) is 0.846. The highest BCUT2D eigenvalue weighted by Gasteiger charge is 2.23. The van der Waals surface area contributed by atoms with Gasteiger partial charge in [0.1, 0.15) is 11.6 Å². The highest BCUT2D eigenvalue weighted by molar-refractivity contribution is 5.80. The van der Waals surface area contributed by atoms with Crippen molar-refractivity contribution in [2.45, 2.75) is 19.4 Å². The number of hydrogen-bond acceptors (Lipinski definition) is 3. The Labute approximate surface area is 119 Å². The summed E-state index contributed by atoms with van der Waals surface area (Å²) in [6.07, 6.45) is 0.426. The average molecular weight is 280 g/mol. The molecule has 1 heterocycles. The Balaban J connectivity index is 1.92. The second-order valence-electron chi connectivity index (χ2n) is 5.20. The molecule has 1 aromatic carbocycles. The number of ether oxygens (including phenoxy) is 1. The number of nitrogens with zero attached hydrogens (tertiary/aromatic N) is 2. The predicted molar refractivity (Wildman–Crippen MR) is 75.2 cm³/mol. The first-order chi connectivity index (χ1) is 9.56. The van der Waals surface area contributed by atoms with E-state index in [-0.39, 0.29) is 11.7 Å². The van der Waals surface area contributed by atoms with E-state index in [0.29, 0.717) is 5.75 Å². The Hall–Kier alpha value is -1.62. The molecule has 0 N–H and O–H groups in total. The highest BCUT2D eigenvalue weighted by atomic mass is 19.1. The normalized spacial score (nSPS) is 18.4. The molecular formula is C15H21FN2O2. The Morgan fingerprint density at radius 2 is 1.90 bits per heavy atom. The van der Waals surface area contributed by atoms with E-state index in [9.17, 15) is 9.18 Å². The molecule has 1 saturated heterocycles. The number of hydrogen-bond donors (Lipinski definition) is 0. The zero-order chi connectivity index (χ0) is 14.5. The largest absolute Gasteiger partial charge is 0.481 e. The maximum absolute atomic E-state index is 12.8. The first-order valence-corrected chi connectivity index (χ1v) is 6.96. The zero-order valence-corrected chi connectivity index (χ0v) is 12.0. The van der Waals surface area contributed by atoms with Gasteiger partial charge in [-0.15, -0.1) is 0 Å². The van der Waals surface area contributed by atoms with Crippen molar-refractivity contribution in [2.75, 3.05) is 33.2 Å². The van der Waals surface area contributed by atoms with Gasteiger partial charge < -0.3 is 14.5 Å². The molecule has 0 aliphatic carbocycles. The lowest BCUT2D eigenvalue weighted by atomic mass is 10.3. The first kappa shape index (κ1) is 14.8. The van der Waals surface area contributed by atoms with Crippen LogP contribution in [-0.2, 0) is 4.79 Å². The second-order valence-corrected chi connectivity index (χ2v) is 5.20. The van der Waals surface area contributed by atoms with Crippen LogP contribution in [-0.4, -0.2) is 55.0 Å². The van der Waals surface area contributed by atoms with E-state index < -0.39 is 6.10 Å². The van der Waals surface area contributed by atoms with E-state index in [1.807, 2.05) is 4.90 Å². The highest BCUT2D eigenvalue weighted by Crippen LogP contribution is 2.14. The van der Waals surface area contributed by atoms with Crippen LogP contribution < -0.4 is 4.74 Å². The van der Waals surface area contributed by atoms with Crippen LogP contribution in [0, 0.1) is 5.82 Å². The van der Waals surface area contributed by atoms with Gasteiger partial charge in [0.25, 0.3) is 5.91 Å². The second kappa shape index (κ2) is 6.70. The number of carbonyl (C=O) groups is 1. The third-order valence-corrected chi connectivity index (χ3v) is 3.51. The van der Waals surface area contributed by atoms with Crippen LogP contribution in [0.15, 0.2) is 24.3 Å². The van der Waals surface area contributed by atoms with E-state index in [0.717, 1.165) is 32.6 Å². The standard InChI is InChI=1S/C15H21FN2O2/c1-12(20-14-6-4-13(16)5-7-14)15(19)18-9-3-8-17(2)10-11-18/h4-7,12H,3,8-11H2,1-2H3/t12-/m0/s1. The van der Waals surface area contributed by atoms with Gasteiger partial charge in [-0.3, -0.25) is 4.79 Å². The fraction of sp³-hybridized carbons (Fsp3) is 0.533. The van der Waals surface area contributed by atoms with Crippen LogP contribution >= 0.6 is 0 Å². The molecule has 4 nitrogen and oxygen atoms in total. The maximum atomic E-state index is 12.8. The van der Waals surface area contributed by atoms with Crippen LogP contribution in [0.1, 0.15) is 13.3 Å². The van der Waals surface area contributed by atoms with E-state index in [4.69, 9.17) is 4.74 Å². The number of benzene rings is 1.